The molecule has 2 N–H and O–H groups in total. The van der Waals surface area contributed by atoms with Crippen LogP contribution in [0.5, 0.6) is 0 Å². The average Bonchev–Trinajstić information content (AvgIpc) is 2.66. The number of benzene rings is 2. The van der Waals surface area contributed by atoms with Crippen molar-refractivity contribution in [3.05, 3.63) is 80.8 Å². The van der Waals surface area contributed by atoms with Gasteiger partial charge in [-0.25, -0.2) is 4.98 Å². The van der Waals surface area contributed by atoms with E-state index in [9.17, 15) is 19.7 Å². The Balaban J connectivity index is 1.64. The van der Waals surface area contributed by atoms with Crippen molar-refractivity contribution in [3.8, 4) is 11.4 Å². The summed E-state index contributed by atoms with van der Waals surface area (Å²) in [4.78, 5) is 41.7. The summed E-state index contributed by atoms with van der Waals surface area (Å²) >= 11 is 1.28. The summed E-state index contributed by atoms with van der Waals surface area (Å²) in [6.07, 6.45) is 0. The number of amides is 1. The van der Waals surface area contributed by atoms with E-state index in [0.29, 0.717) is 22.8 Å². The highest BCUT2D eigenvalue weighted by Gasteiger charge is 2.08. The third-order valence-corrected chi connectivity index (χ3v) is 4.72. The molecular weight excluding hydrogens is 380 g/mol. The highest BCUT2D eigenvalue weighted by Crippen LogP contribution is 2.22. The fraction of sp³-hybridized carbons (Fsp3) is 0.105. The first-order valence-corrected chi connectivity index (χ1v) is 9.25. The Bertz CT molecular complexity index is 1080. The second kappa shape index (κ2) is 8.49. The molecule has 1 aromatic heterocycles. The van der Waals surface area contributed by atoms with Gasteiger partial charge >= 0.3 is 0 Å². The van der Waals surface area contributed by atoms with E-state index < -0.39 is 4.92 Å². The van der Waals surface area contributed by atoms with Gasteiger partial charge < -0.3 is 10.3 Å². The molecule has 0 radical (unpaired) electrons. The minimum absolute atomic E-state index is 0.00779. The number of nitrogens with one attached hydrogen (secondary N) is 2. The number of aryl methyl sites for hydroxylation is 1. The van der Waals surface area contributed by atoms with Crippen LogP contribution >= 0.6 is 11.8 Å². The molecule has 2 aromatic carbocycles. The van der Waals surface area contributed by atoms with Gasteiger partial charge in [-0.1, -0.05) is 12.1 Å². The topological polar surface area (TPSA) is 118 Å². The Morgan fingerprint density at radius 3 is 2.64 bits per heavy atom. The zero-order valence-corrected chi connectivity index (χ0v) is 15.7. The van der Waals surface area contributed by atoms with Gasteiger partial charge in [0.25, 0.3) is 11.2 Å². The highest BCUT2D eigenvalue weighted by molar-refractivity contribution is 8.00. The zero-order chi connectivity index (χ0) is 20.1. The van der Waals surface area contributed by atoms with E-state index in [1.54, 1.807) is 43.3 Å². The maximum Gasteiger partial charge on any atom is 0.269 e. The summed E-state index contributed by atoms with van der Waals surface area (Å²) in [5.74, 6) is 0.370. The first-order chi connectivity index (χ1) is 13.4. The molecule has 0 unspecified atom stereocenters. The van der Waals surface area contributed by atoms with Crippen molar-refractivity contribution in [1.82, 2.24) is 9.97 Å². The molecule has 8 nitrogen and oxygen atoms in total. The Morgan fingerprint density at radius 1 is 1.21 bits per heavy atom. The van der Waals surface area contributed by atoms with E-state index in [-0.39, 0.29) is 22.9 Å². The van der Waals surface area contributed by atoms with E-state index in [2.05, 4.69) is 15.3 Å². The summed E-state index contributed by atoms with van der Waals surface area (Å²) in [6, 6.07) is 14.4. The number of aromatic nitrogens is 2. The van der Waals surface area contributed by atoms with E-state index in [4.69, 9.17) is 0 Å². The number of H-pyrrole nitrogens is 1. The molecule has 0 aliphatic carbocycles. The van der Waals surface area contributed by atoms with Gasteiger partial charge in [0.2, 0.25) is 5.91 Å². The van der Waals surface area contributed by atoms with E-state index in [1.165, 1.54) is 30.0 Å². The molecule has 142 valence electrons. The van der Waals surface area contributed by atoms with Crippen LogP contribution in [0.15, 0.2) is 64.3 Å². The highest BCUT2D eigenvalue weighted by atomic mass is 32.2. The van der Waals surface area contributed by atoms with E-state index in [0.717, 1.165) is 4.90 Å². The van der Waals surface area contributed by atoms with Crippen LogP contribution in [-0.4, -0.2) is 26.6 Å². The maximum absolute atomic E-state index is 12.2. The number of thioether (sulfide) groups is 1. The Kier molecular flexibility index (Phi) is 5.85. The van der Waals surface area contributed by atoms with E-state index >= 15 is 0 Å². The number of nitro benzene ring substituents is 1. The van der Waals surface area contributed by atoms with Crippen LogP contribution in [0.2, 0.25) is 0 Å². The van der Waals surface area contributed by atoms with Gasteiger partial charge in [0.1, 0.15) is 5.82 Å². The van der Waals surface area contributed by atoms with Gasteiger partial charge in [0, 0.05) is 40.0 Å². The lowest BCUT2D eigenvalue weighted by Crippen LogP contribution is -2.14. The number of nitrogens with zero attached hydrogens (tertiary/aromatic N) is 2. The first kappa shape index (κ1) is 19.3. The largest absolute Gasteiger partial charge is 0.325 e. The number of aromatic amines is 1. The number of anilines is 1. The monoisotopic (exact) mass is 396 g/mol. The third-order valence-electron chi connectivity index (χ3n) is 3.71. The lowest BCUT2D eigenvalue weighted by Gasteiger charge is -2.08. The number of nitro groups is 1. The predicted molar refractivity (Wildman–Crippen MR) is 107 cm³/mol. The average molecular weight is 396 g/mol. The summed E-state index contributed by atoms with van der Waals surface area (Å²) in [6.45, 7) is 1.74. The molecule has 0 fully saturated rings. The Morgan fingerprint density at radius 2 is 1.96 bits per heavy atom. The molecule has 0 saturated heterocycles. The zero-order valence-electron chi connectivity index (χ0n) is 14.8. The van der Waals surface area contributed by atoms with Gasteiger partial charge in [0.15, 0.2) is 0 Å². The minimum atomic E-state index is -0.468. The van der Waals surface area contributed by atoms with Crippen molar-refractivity contribution in [3.63, 3.8) is 0 Å². The number of rotatable bonds is 6. The summed E-state index contributed by atoms with van der Waals surface area (Å²) in [7, 11) is 0. The fourth-order valence-corrected chi connectivity index (χ4v) is 3.17. The normalized spacial score (nSPS) is 10.5. The second-order valence-corrected chi connectivity index (χ2v) is 6.95. The van der Waals surface area contributed by atoms with Gasteiger partial charge in [-0.3, -0.25) is 19.7 Å². The van der Waals surface area contributed by atoms with Crippen molar-refractivity contribution >= 4 is 29.0 Å². The molecule has 3 rings (SSSR count). The molecular formula is C19H16N4O4S. The van der Waals surface area contributed by atoms with Crippen LogP contribution in [0.1, 0.15) is 5.69 Å². The lowest BCUT2D eigenvalue weighted by atomic mass is 10.2. The van der Waals surface area contributed by atoms with E-state index in [1.807, 2.05) is 0 Å². The molecule has 0 bridgehead atoms. The van der Waals surface area contributed by atoms with Crippen LogP contribution in [0.3, 0.4) is 0 Å². The van der Waals surface area contributed by atoms with Crippen molar-refractivity contribution < 1.29 is 9.72 Å². The summed E-state index contributed by atoms with van der Waals surface area (Å²) < 4.78 is 0. The quantitative estimate of drug-likeness (QED) is 0.375. The molecule has 0 aliphatic rings. The number of carbonyl (C=O) groups is 1. The van der Waals surface area contributed by atoms with Crippen LogP contribution in [0.4, 0.5) is 11.4 Å². The van der Waals surface area contributed by atoms with Gasteiger partial charge in [-0.2, -0.15) is 0 Å². The van der Waals surface area contributed by atoms with Gasteiger partial charge in [-0.05, 0) is 31.2 Å². The summed E-state index contributed by atoms with van der Waals surface area (Å²) in [5.41, 5.74) is 1.63. The molecule has 3 aromatic rings. The SMILES string of the molecule is Cc1cc(=O)[nH]c(-c2cccc(NC(=O)CSc3ccc([N+](=O)[O-])cc3)c2)n1. The fourth-order valence-electron chi connectivity index (χ4n) is 2.47. The number of non-ortho nitro benzene ring substituents is 1. The van der Waals surface area contributed by atoms with Crippen LogP contribution in [0.25, 0.3) is 11.4 Å². The third kappa shape index (κ3) is 5.04. The van der Waals surface area contributed by atoms with Gasteiger partial charge in [0.05, 0.1) is 10.7 Å². The predicted octanol–water partition coefficient (Wildman–Crippen LogP) is 3.38. The first-order valence-electron chi connectivity index (χ1n) is 8.26. The Hall–Kier alpha value is -3.46. The van der Waals surface area contributed by atoms with Crippen LogP contribution in [0, 0.1) is 17.0 Å². The molecule has 1 amide bonds. The van der Waals surface area contributed by atoms with Crippen molar-refractivity contribution in [1.29, 1.82) is 0 Å². The van der Waals surface area contributed by atoms with Crippen molar-refractivity contribution in [2.45, 2.75) is 11.8 Å². The molecule has 0 aliphatic heterocycles. The maximum atomic E-state index is 12.2. The summed E-state index contributed by atoms with van der Waals surface area (Å²) in [5, 5.41) is 13.5. The molecule has 0 atom stereocenters. The van der Waals surface area contributed by atoms with Crippen LogP contribution < -0.4 is 10.9 Å². The van der Waals surface area contributed by atoms with Gasteiger partial charge in [-0.15, -0.1) is 11.8 Å². The smallest absolute Gasteiger partial charge is 0.269 e. The molecule has 9 heteroatoms. The Labute approximate surface area is 164 Å². The van der Waals surface area contributed by atoms with Crippen LogP contribution in [-0.2, 0) is 4.79 Å². The minimum Gasteiger partial charge on any atom is -0.325 e. The number of carbonyl (C=O) groups excluding carboxylic acids is 1. The van der Waals surface area contributed by atoms with Crippen molar-refractivity contribution in [2.75, 3.05) is 11.1 Å². The standard InChI is InChI=1S/C19H16N4O4S/c1-12-9-17(24)22-19(20-12)13-3-2-4-14(10-13)21-18(25)11-28-16-7-5-15(6-8-16)23(26)27/h2-10H,11H2,1H3,(H,21,25)(H,20,22,24). The lowest BCUT2D eigenvalue weighted by molar-refractivity contribution is -0.384. The molecule has 1 heterocycles. The molecule has 0 saturated carbocycles. The second-order valence-electron chi connectivity index (χ2n) is 5.90. The number of hydrogen-bond acceptors (Lipinski definition) is 6. The number of hydrogen-bond donors (Lipinski definition) is 2. The molecule has 28 heavy (non-hydrogen) atoms. The van der Waals surface area contributed by atoms with Crippen molar-refractivity contribution in [2.24, 2.45) is 0 Å². The molecule has 0 spiro atoms.